The van der Waals surface area contributed by atoms with Crippen molar-refractivity contribution in [2.45, 2.75) is 75.5 Å². The molecular formula is C16H28O9. The predicted molar refractivity (Wildman–Crippen MR) is 85.6 cm³/mol. The molecule has 0 aromatic heterocycles. The molecule has 6 N–H and O–H groups in total. The van der Waals surface area contributed by atoms with Gasteiger partial charge in [0.1, 0.15) is 24.4 Å². The first kappa shape index (κ1) is 22.0. The summed E-state index contributed by atoms with van der Waals surface area (Å²) in [4.78, 5) is 10.5. The average Bonchev–Trinajstić information content (AvgIpc) is 2.56. The van der Waals surface area contributed by atoms with E-state index in [0.29, 0.717) is 19.3 Å². The minimum atomic E-state index is -1.54. The molecule has 1 heterocycles. The summed E-state index contributed by atoms with van der Waals surface area (Å²) in [7, 11) is 0. The van der Waals surface area contributed by atoms with Gasteiger partial charge in [-0.05, 0) is 26.2 Å². The van der Waals surface area contributed by atoms with Gasteiger partial charge in [-0.1, -0.05) is 12.2 Å². The van der Waals surface area contributed by atoms with E-state index in [9.17, 15) is 30.3 Å². The Kier molecular flexibility index (Phi) is 9.51. The van der Waals surface area contributed by atoms with Crippen LogP contribution in [-0.2, 0) is 14.3 Å². The molecule has 0 unspecified atom stereocenters. The van der Waals surface area contributed by atoms with E-state index in [-0.39, 0.29) is 6.42 Å². The lowest BCUT2D eigenvalue weighted by atomic mass is 9.99. The molecule has 1 aliphatic heterocycles. The van der Waals surface area contributed by atoms with E-state index in [2.05, 4.69) is 0 Å². The first-order valence-corrected chi connectivity index (χ1v) is 8.28. The minimum Gasteiger partial charge on any atom is -0.481 e. The van der Waals surface area contributed by atoms with Crippen molar-refractivity contribution < 1.29 is 44.9 Å². The van der Waals surface area contributed by atoms with Gasteiger partial charge in [0.2, 0.25) is 0 Å². The number of allylic oxidation sites excluding steroid dienone is 1. The average molecular weight is 364 g/mol. The molecule has 0 aromatic carbocycles. The number of aliphatic carboxylic acids is 1. The number of aliphatic hydroxyl groups excluding tert-OH is 5. The van der Waals surface area contributed by atoms with E-state index in [0.717, 1.165) is 0 Å². The zero-order valence-corrected chi connectivity index (χ0v) is 14.1. The fraction of sp³-hybridized carbons (Fsp3) is 0.812. The van der Waals surface area contributed by atoms with E-state index in [4.69, 9.17) is 14.6 Å². The van der Waals surface area contributed by atoms with Gasteiger partial charge >= 0.3 is 5.97 Å². The standard InChI is InChI=1S/C16H28O9/c1-9(18)6-7-10(4-2-3-5-12(19)20)24-16-15(23)14(22)13(21)11(8-17)25-16/h2,4,9-11,13-18,21-23H,3,5-8H2,1H3,(H,19,20)/b4-2+/t9-,10-,11-,13+,14+,15+,16-/m0/s1. The van der Waals surface area contributed by atoms with Gasteiger partial charge in [-0.2, -0.15) is 0 Å². The summed E-state index contributed by atoms with van der Waals surface area (Å²) >= 11 is 0. The lowest BCUT2D eigenvalue weighted by molar-refractivity contribution is -0.308. The SMILES string of the molecule is C[C@H](O)CC[C@H](/C=C/CCC(=O)O)O[C@H]1O[C@@H](CO)[C@@H](O)[C@@H](O)[C@H]1O. The smallest absolute Gasteiger partial charge is 0.303 e. The largest absolute Gasteiger partial charge is 0.481 e. The van der Waals surface area contributed by atoms with Gasteiger partial charge in [-0.25, -0.2) is 0 Å². The molecule has 146 valence electrons. The summed E-state index contributed by atoms with van der Waals surface area (Å²) in [5.41, 5.74) is 0. The molecule has 1 saturated heterocycles. The number of ether oxygens (including phenoxy) is 2. The molecule has 9 heteroatoms. The molecular weight excluding hydrogens is 336 g/mol. The van der Waals surface area contributed by atoms with Crippen molar-refractivity contribution in [2.75, 3.05) is 6.61 Å². The van der Waals surface area contributed by atoms with E-state index < -0.39 is 55.5 Å². The Morgan fingerprint density at radius 2 is 1.88 bits per heavy atom. The van der Waals surface area contributed by atoms with Crippen LogP contribution in [0, 0.1) is 0 Å². The Labute approximate surface area is 146 Å². The third kappa shape index (κ3) is 7.37. The number of rotatable bonds is 10. The molecule has 25 heavy (non-hydrogen) atoms. The predicted octanol–water partition coefficient (Wildman–Crippen LogP) is -1.25. The highest BCUT2D eigenvalue weighted by Gasteiger charge is 2.44. The van der Waals surface area contributed by atoms with Crippen LogP contribution in [0.15, 0.2) is 12.2 Å². The lowest BCUT2D eigenvalue weighted by Gasteiger charge is -2.40. The molecule has 9 nitrogen and oxygen atoms in total. The molecule has 1 fully saturated rings. The van der Waals surface area contributed by atoms with Gasteiger partial charge in [-0.15, -0.1) is 0 Å². The molecule has 7 atom stereocenters. The number of hydrogen-bond donors (Lipinski definition) is 6. The number of carboxylic acids is 1. The summed E-state index contributed by atoms with van der Waals surface area (Å²) in [6, 6.07) is 0. The molecule has 0 saturated carbocycles. The van der Waals surface area contributed by atoms with Crippen LogP contribution in [0.2, 0.25) is 0 Å². The first-order valence-electron chi connectivity index (χ1n) is 8.28. The maximum atomic E-state index is 10.5. The van der Waals surface area contributed by atoms with Crippen LogP contribution in [0.4, 0.5) is 0 Å². The van der Waals surface area contributed by atoms with Crippen molar-refractivity contribution >= 4 is 5.97 Å². The zero-order chi connectivity index (χ0) is 19.0. The maximum Gasteiger partial charge on any atom is 0.303 e. The molecule has 0 bridgehead atoms. The van der Waals surface area contributed by atoms with Crippen molar-refractivity contribution in [3.63, 3.8) is 0 Å². The summed E-state index contributed by atoms with van der Waals surface area (Å²) in [6.07, 6.45) is -3.82. The monoisotopic (exact) mass is 364 g/mol. The number of aliphatic hydroxyl groups is 5. The van der Waals surface area contributed by atoms with Crippen LogP contribution < -0.4 is 0 Å². The van der Waals surface area contributed by atoms with Crippen molar-refractivity contribution in [3.05, 3.63) is 12.2 Å². The Hall–Kier alpha value is -1.07. The fourth-order valence-corrected chi connectivity index (χ4v) is 2.42. The topological polar surface area (TPSA) is 157 Å². The van der Waals surface area contributed by atoms with Crippen LogP contribution >= 0.6 is 0 Å². The van der Waals surface area contributed by atoms with Crippen molar-refractivity contribution in [1.29, 1.82) is 0 Å². The zero-order valence-electron chi connectivity index (χ0n) is 14.1. The second kappa shape index (κ2) is 10.8. The van der Waals surface area contributed by atoms with E-state index in [1.807, 2.05) is 0 Å². The van der Waals surface area contributed by atoms with Gasteiger partial charge < -0.3 is 40.1 Å². The highest BCUT2D eigenvalue weighted by molar-refractivity contribution is 5.66. The van der Waals surface area contributed by atoms with Crippen molar-refractivity contribution in [1.82, 2.24) is 0 Å². The van der Waals surface area contributed by atoms with Crippen LogP contribution in [0.3, 0.4) is 0 Å². The van der Waals surface area contributed by atoms with Gasteiger partial charge in [0.05, 0.1) is 18.8 Å². The normalized spacial score (nSPS) is 32.6. The molecule has 1 rings (SSSR count). The molecule has 0 spiro atoms. The summed E-state index contributed by atoms with van der Waals surface area (Å²) < 4.78 is 10.9. The number of carboxylic acid groups (broad SMARTS) is 1. The molecule has 0 aromatic rings. The highest BCUT2D eigenvalue weighted by Crippen LogP contribution is 2.24. The third-order valence-corrected chi connectivity index (χ3v) is 3.90. The first-order chi connectivity index (χ1) is 11.8. The second-order valence-corrected chi connectivity index (χ2v) is 6.16. The second-order valence-electron chi connectivity index (χ2n) is 6.16. The van der Waals surface area contributed by atoms with E-state index >= 15 is 0 Å². The quantitative estimate of drug-likeness (QED) is 0.261. The molecule has 0 aliphatic carbocycles. The summed E-state index contributed by atoms with van der Waals surface area (Å²) in [5.74, 6) is -0.931. The number of hydrogen-bond acceptors (Lipinski definition) is 8. The van der Waals surface area contributed by atoms with Crippen LogP contribution in [0.5, 0.6) is 0 Å². The van der Waals surface area contributed by atoms with Crippen LogP contribution in [0.1, 0.15) is 32.6 Å². The Morgan fingerprint density at radius 3 is 2.44 bits per heavy atom. The Bertz CT molecular complexity index is 424. The van der Waals surface area contributed by atoms with Crippen LogP contribution in [0.25, 0.3) is 0 Å². The third-order valence-electron chi connectivity index (χ3n) is 3.90. The van der Waals surface area contributed by atoms with Crippen LogP contribution in [-0.4, -0.2) is 86.1 Å². The molecule has 0 radical (unpaired) electrons. The van der Waals surface area contributed by atoms with E-state index in [1.165, 1.54) is 0 Å². The Morgan fingerprint density at radius 1 is 1.20 bits per heavy atom. The van der Waals surface area contributed by atoms with Crippen molar-refractivity contribution in [3.8, 4) is 0 Å². The lowest BCUT2D eigenvalue weighted by Crippen LogP contribution is -2.59. The van der Waals surface area contributed by atoms with Gasteiger partial charge in [0.15, 0.2) is 6.29 Å². The maximum absolute atomic E-state index is 10.5. The summed E-state index contributed by atoms with van der Waals surface area (Å²) in [5, 5.41) is 56.8. The fourth-order valence-electron chi connectivity index (χ4n) is 2.42. The highest BCUT2D eigenvalue weighted by atomic mass is 16.7. The van der Waals surface area contributed by atoms with Gasteiger partial charge in [0.25, 0.3) is 0 Å². The Balaban J connectivity index is 2.71. The van der Waals surface area contributed by atoms with E-state index in [1.54, 1.807) is 19.1 Å². The van der Waals surface area contributed by atoms with Gasteiger partial charge in [0, 0.05) is 6.42 Å². The van der Waals surface area contributed by atoms with Crippen molar-refractivity contribution in [2.24, 2.45) is 0 Å². The van der Waals surface area contributed by atoms with Gasteiger partial charge in [-0.3, -0.25) is 4.79 Å². The molecule has 1 aliphatic rings. The summed E-state index contributed by atoms with van der Waals surface area (Å²) in [6.45, 7) is 1.05. The number of carbonyl (C=O) groups is 1. The molecule has 0 amide bonds. The minimum absolute atomic E-state index is 0.0420.